The molecule has 212 valence electrons. The molecule has 0 saturated carbocycles. The quantitative estimate of drug-likeness (QED) is 0.0980. The van der Waals surface area contributed by atoms with Crippen LogP contribution in [-0.2, 0) is 25.8 Å². The molecule has 38 heavy (non-hydrogen) atoms. The van der Waals surface area contributed by atoms with Gasteiger partial charge in [0.2, 0.25) is 12.2 Å². The van der Waals surface area contributed by atoms with Crippen LogP contribution in [0.4, 0.5) is 10.1 Å². The number of carboxylic acids is 1. The molecule has 8 N–H and O–H groups in total. The predicted octanol–water partition coefficient (Wildman–Crippen LogP) is -0.319. The summed E-state index contributed by atoms with van der Waals surface area (Å²) in [5.41, 5.74) is 5.70. The van der Waals surface area contributed by atoms with Crippen molar-refractivity contribution in [1.82, 2.24) is 5.32 Å². The molecule has 12 nitrogen and oxygen atoms in total. The van der Waals surface area contributed by atoms with Crippen LogP contribution in [-0.4, -0.2) is 88.9 Å². The number of halogens is 1. The van der Waals surface area contributed by atoms with E-state index in [2.05, 4.69) is 16.6 Å². The zero-order valence-corrected chi connectivity index (χ0v) is 21.1. The average Bonchev–Trinajstić information content (AvgIpc) is 2.90. The topological polar surface area (TPSA) is 201 Å². The van der Waals surface area contributed by atoms with Gasteiger partial charge in [0.15, 0.2) is 6.10 Å². The third-order valence-electron chi connectivity index (χ3n) is 5.57. The summed E-state index contributed by atoms with van der Waals surface area (Å²) in [5.74, 6) is 0.452. The summed E-state index contributed by atoms with van der Waals surface area (Å²) >= 11 is 0. The number of nitrogens with one attached hydrogen (secondary N) is 2. The Morgan fingerprint density at radius 2 is 1.95 bits per heavy atom. The van der Waals surface area contributed by atoms with E-state index in [1.165, 1.54) is 18.2 Å². The van der Waals surface area contributed by atoms with Crippen molar-refractivity contribution in [2.75, 3.05) is 18.9 Å². The van der Waals surface area contributed by atoms with Gasteiger partial charge in [0, 0.05) is 30.6 Å². The molecule has 1 aliphatic heterocycles. The smallest absolute Gasteiger partial charge is 0.335 e. The summed E-state index contributed by atoms with van der Waals surface area (Å²) < 4.78 is 23.8. The summed E-state index contributed by atoms with van der Waals surface area (Å²) in [6.45, 7) is -0.961. The second kappa shape index (κ2) is 17.4. The molecule has 1 aromatic rings. The lowest BCUT2D eigenvalue weighted by Gasteiger charge is -2.38. The normalized spacial score (nSPS) is 23.2. The van der Waals surface area contributed by atoms with Crippen molar-refractivity contribution in [3.05, 3.63) is 23.8 Å². The maximum Gasteiger partial charge on any atom is 0.335 e. The van der Waals surface area contributed by atoms with E-state index in [-0.39, 0.29) is 23.5 Å². The molecule has 1 amide bonds. The molecule has 1 aliphatic rings. The summed E-state index contributed by atoms with van der Waals surface area (Å²) in [7, 11) is 1.56. The first kappa shape index (κ1) is 32.9. The second-order valence-corrected chi connectivity index (χ2v) is 8.35. The number of ether oxygens (including phenoxy) is 2. The molecule has 1 aromatic carbocycles. The number of likely N-dealkylation sites (N-methyl/N-ethyl adjacent to an activating group) is 1. The number of anilines is 1. The van der Waals surface area contributed by atoms with Gasteiger partial charge in [-0.05, 0) is 38.1 Å². The Labute approximate surface area is 220 Å². The van der Waals surface area contributed by atoms with Crippen molar-refractivity contribution in [3.8, 4) is 18.1 Å². The lowest BCUT2D eigenvalue weighted by molar-refractivity contribution is -0.271. The van der Waals surface area contributed by atoms with Gasteiger partial charge < -0.3 is 51.1 Å². The first-order valence-electron chi connectivity index (χ1n) is 12.0. The van der Waals surface area contributed by atoms with Crippen LogP contribution in [0.25, 0.3) is 0 Å². The van der Waals surface area contributed by atoms with Gasteiger partial charge >= 0.3 is 5.97 Å². The van der Waals surface area contributed by atoms with Crippen molar-refractivity contribution < 1.29 is 48.7 Å². The Bertz CT molecular complexity index is 939. The number of carbonyl (C=O) groups excluding carboxylic acids is 2. The van der Waals surface area contributed by atoms with Crippen molar-refractivity contribution in [2.24, 2.45) is 5.73 Å². The maximum absolute atomic E-state index is 13.5. The van der Waals surface area contributed by atoms with Crippen LogP contribution in [0.5, 0.6) is 5.75 Å². The Hall–Kier alpha value is -3.12. The number of rotatable bonds is 13. The molecule has 0 aromatic heterocycles. The van der Waals surface area contributed by atoms with Crippen LogP contribution in [0.1, 0.15) is 37.7 Å². The summed E-state index contributed by atoms with van der Waals surface area (Å²) in [5, 5.41) is 43.8. The molecule has 0 bridgehead atoms. The molecule has 0 radical (unpaired) electrons. The molecule has 6 atom stereocenters. The fourth-order valence-corrected chi connectivity index (χ4v) is 3.37. The second-order valence-electron chi connectivity index (χ2n) is 8.35. The van der Waals surface area contributed by atoms with E-state index in [1.807, 2.05) is 0 Å². The molecule has 0 spiro atoms. The fourth-order valence-electron chi connectivity index (χ4n) is 3.37. The molecular weight excluding hydrogens is 505 g/mol. The zero-order chi connectivity index (χ0) is 28.7. The van der Waals surface area contributed by atoms with Crippen molar-refractivity contribution in [2.45, 2.75) is 75.5 Å². The van der Waals surface area contributed by atoms with Crippen LogP contribution in [0.3, 0.4) is 0 Å². The average molecular weight is 542 g/mol. The number of aldehydes is 1. The highest BCUT2D eigenvalue weighted by Crippen LogP contribution is 2.29. The number of hydrogen-bond donors (Lipinski definition) is 7. The van der Waals surface area contributed by atoms with Crippen LogP contribution >= 0.6 is 0 Å². The Morgan fingerprint density at radius 3 is 2.50 bits per heavy atom. The zero-order valence-electron chi connectivity index (χ0n) is 21.1. The number of benzene rings is 1. The standard InChI is InChI=1S/C17H24FN3O8.C8H12O/c1-20-9(6-19)15(25)21-8-2-3-10(7(4-8)5-18)28-17-13(24)11(22)12(23)14(29-17)16(26)27;1-2-3-4-5-6-7-8-9/h2-4,9,11-14,17,20,22-24H,5-6,19H2,1H3,(H,21,25)(H,26,27);1,8H,3-7H2. The van der Waals surface area contributed by atoms with Gasteiger partial charge in [-0.3, -0.25) is 4.79 Å². The van der Waals surface area contributed by atoms with Gasteiger partial charge in [-0.25, -0.2) is 9.18 Å². The number of carbonyl (C=O) groups is 3. The van der Waals surface area contributed by atoms with E-state index in [4.69, 9.17) is 26.7 Å². The first-order chi connectivity index (χ1) is 18.1. The van der Waals surface area contributed by atoms with E-state index >= 15 is 0 Å². The number of unbranched alkanes of at least 4 members (excludes halogenated alkanes) is 4. The Kier molecular flexibility index (Phi) is 15.1. The molecule has 6 unspecified atom stereocenters. The van der Waals surface area contributed by atoms with Crippen LogP contribution < -0.4 is 21.1 Å². The summed E-state index contributed by atoms with van der Waals surface area (Å²) in [6.07, 6.45) is 1.62. The van der Waals surface area contributed by atoms with Crippen LogP contribution in [0, 0.1) is 12.3 Å². The number of aliphatic hydroxyl groups excluding tert-OH is 3. The van der Waals surface area contributed by atoms with E-state index in [9.17, 15) is 34.1 Å². The monoisotopic (exact) mass is 541 g/mol. The van der Waals surface area contributed by atoms with Crippen LogP contribution in [0.15, 0.2) is 18.2 Å². The third kappa shape index (κ3) is 9.97. The first-order valence-corrected chi connectivity index (χ1v) is 12.0. The van der Waals surface area contributed by atoms with Gasteiger partial charge in [0.25, 0.3) is 0 Å². The van der Waals surface area contributed by atoms with E-state index < -0.39 is 55.3 Å². The minimum absolute atomic E-state index is 0.0279. The summed E-state index contributed by atoms with van der Waals surface area (Å²) in [6, 6.07) is 3.31. The Morgan fingerprint density at radius 1 is 1.24 bits per heavy atom. The maximum atomic E-state index is 13.5. The largest absolute Gasteiger partial charge is 0.479 e. The van der Waals surface area contributed by atoms with Gasteiger partial charge in [-0.1, -0.05) is 6.42 Å². The summed E-state index contributed by atoms with van der Waals surface area (Å²) in [4.78, 5) is 33.0. The minimum atomic E-state index is -1.87. The molecule has 2 rings (SSSR count). The molecular formula is C25H36FN3O9. The fraction of sp³-hybridized carbons (Fsp3) is 0.560. The molecule has 1 fully saturated rings. The van der Waals surface area contributed by atoms with Crippen LogP contribution in [0.2, 0.25) is 0 Å². The van der Waals surface area contributed by atoms with Gasteiger partial charge in [0.1, 0.15) is 37.0 Å². The van der Waals surface area contributed by atoms with Gasteiger partial charge in [-0.15, -0.1) is 12.3 Å². The third-order valence-corrected chi connectivity index (χ3v) is 5.57. The number of hydrogen-bond acceptors (Lipinski definition) is 10. The van der Waals surface area contributed by atoms with Crippen molar-refractivity contribution in [1.29, 1.82) is 0 Å². The number of carboxylic acid groups (broad SMARTS) is 1. The highest BCUT2D eigenvalue weighted by atomic mass is 19.1. The molecule has 1 saturated heterocycles. The number of terminal acetylenes is 1. The molecule has 1 heterocycles. The minimum Gasteiger partial charge on any atom is -0.479 e. The number of amides is 1. The molecule has 13 heteroatoms. The van der Waals surface area contributed by atoms with E-state index in [0.29, 0.717) is 6.42 Å². The SMILES string of the molecule is C#CCCCCCC=O.CNC(CN)C(=O)Nc1ccc(OC2OC(C(=O)O)C(O)C(O)C2O)c(CF)c1. The highest BCUT2D eigenvalue weighted by Gasteiger charge is 2.48. The number of aliphatic hydroxyl groups is 3. The molecule has 0 aliphatic carbocycles. The highest BCUT2D eigenvalue weighted by molar-refractivity contribution is 5.95. The predicted molar refractivity (Wildman–Crippen MR) is 135 cm³/mol. The Balaban J connectivity index is 0.000000686. The number of aliphatic carboxylic acids is 1. The van der Waals surface area contributed by atoms with E-state index in [0.717, 1.165) is 32.0 Å². The van der Waals surface area contributed by atoms with E-state index in [1.54, 1.807) is 7.05 Å². The van der Waals surface area contributed by atoms with Crippen molar-refractivity contribution >= 4 is 23.9 Å². The van der Waals surface area contributed by atoms with Gasteiger partial charge in [0.05, 0.1) is 6.04 Å². The number of nitrogens with two attached hydrogens (primary N) is 1. The lowest BCUT2D eigenvalue weighted by atomic mass is 9.99. The number of alkyl halides is 1. The van der Waals surface area contributed by atoms with Crippen molar-refractivity contribution in [3.63, 3.8) is 0 Å². The lowest BCUT2D eigenvalue weighted by Crippen LogP contribution is -2.61. The van der Waals surface area contributed by atoms with Gasteiger partial charge in [-0.2, -0.15) is 0 Å².